The molecule has 2 rings (SSSR count). The Morgan fingerprint density at radius 1 is 1.25 bits per heavy atom. The van der Waals surface area contributed by atoms with Crippen LogP contribution in [0.15, 0.2) is 45.7 Å². The molecule has 0 aromatic carbocycles. The number of allylic oxidation sites excluding steroid dienone is 1. The number of hydrogen-bond acceptors (Lipinski definition) is 3. The van der Waals surface area contributed by atoms with Gasteiger partial charge in [0.15, 0.2) is 5.60 Å². The number of alkyl halides is 6. The van der Waals surface area contributed by atoms with E-state index in [2.05, 4.69) is 36.8 Å². The van der Waals surface area contributed by atoms with Gasteiger partial charge in [-0.15, -0.1) is 0 Å². The largest absolute Gasteiger partial charge is 0.438 e. The van der Waals surface area contributed by atoms with Crippen LogP contribution in [-0.4, -0.2) is 23.4 Å². The van der Waals surface area contributed by atoms with Crippen LogP contribution in [0.25, 0.3) is 0 Å². The summed E-state index contributed by atoms with van der Waals surface area (Å²) in [6.07, 6.45) is -5.07. The minimum absolute atomic E-state index is 0.320. The number of aromatic nitrogens is 1. The molecule has 0 amide bonds. The monoisotopic (exact) mass is 555 g/mol. The van der Waals surface area contributed by atoms with E-state index in [0.717, 1.165) is 0 Å². The molecular weight excluding hydrogens is 547 g/mol. The van der Waals surface area contributed by atoms with Gasteiger partial charge in [0.2, 0.25) is 5.88 Å². The second kappa shape index (κ2) is 8.76. The molecule has 0 spiro atoms. The van der Waals surface area contributed by atoms with Crippen LogP contribution >= 0.6 is 43.5 Å². The molecule has 1 unspecified atom stereocenters. The maximum atomic E-state index is 13.6. The fourth-order valence-corrected chi connectivity index (χ4v) is 2.62. The van der Waals surface area contributed by atoms with Crippen molar-refractivity contribution < 1.29 is 35.8 Å². The first-order valence-corrected chi connectivity index (χ1v) is 9.32. The summed E-state index contributed by atoms with van der Waals surface area (Å²) in [6, 6.07) is 0.572. The lowest BCUT2D eigenvalue weighted by Gasteiger charge is -2.34. The molecule has 0 saturated heterocycles. The second-order valence-corrected chi connectivity index (χ2v) is 8.64. The minimum atomic E-state index is -4.78. The van der Waals surface area contributed by atoms with Crippen molar-refractivity contribution in [2.75, 3.05) is 6.61 Å². The van der Waals surface area contributed by atoms with Crippen LogP contribution in [-0.2, 0) is 10.9 Å². The zero-order chi connectivity index (χ0) is 21.2. The van der Waals surface area contributed by atoms with Gasteiger partial charge >= 0.3 is 12.4 Å². The lowest BCUT2D eigenvalue weighted by molar-refractivity contribution is -0.254. The van der Waals surface area contributed by atoms with Crippen LogP contribution in [0, 0.1) is 0 Å². The van der Waals surface area contributed by atoms with E-state index in [0.29, 0.717) is 21.7 Å². The zero-order valence-electron chi connectivity index (χ0n) is 13.5. The van der Waals surface area contributed by atoms with Crippen molar-refractivity contribution in [3.8, 4) is 5.88 Å². The summed E-state index contributed by atoms with van der Waals surface area (Å²) in [7, 11) is 0. The second-order valence-electron chi connectivity index (χ2n) is 5.46. The molecule has 1 heterocycles. The highest BCUT2D eigenvalue weighted by molar-refractivity contribution is 9.28. The van der Waals surface area contributed by atoms with Gasteiger partial charge < -0.3 is 9.47 Å². The van der Waals surface area contributed by atoms with E-state index in [9.17, 15) is 26.3 Å². The van der Waals surface area contributed by atoms with Gasteiger partial charge in [-0.2, -0.15) is 26.3 Å². The number of nitrogens with zero attached hydrogens (tertiary/aromatic N) is 1. The van der Waals surface area contributed by atoms with Crippen LogP contribution in [0.3, 0.4) is 0 Å². The molecule has 0 fully saturated rings. The van der Waals surface area contributed by atoms with E-state index >= 15 is 0 Å². The van der Waals surface area contributed by atoms with E-state index in [-0.39, 0.29) is 12.4 Å². The number of ether oxygens (including phenoxy) is 2. The van der Waals surface area contributed by atoms with Crippen LogP contribution < -0.4 is 4.74 Å². The SMILES string of the molecule is FC(F)(F)c1cnc(OC2=CC(OCC=C(Br)Br)(C(F)(F)F)CC=C2)c(Cl)c1. The summed E-state index contributed by atoms with van der Waals surface area (Å²) in [5, 5.41) is -0.501. The molecule has 154 valence electrons. The molecule has 0 N–H and O–H groups in total. The summed E-state index contributed by atoms with van der Waals surface area (Å²) in [4.78, 5) is 3.44. The molecule has 0 aliphatic heterocycles. The molecule has 3 nitrogen and oxygen atoms in total. The first kappa shape index (κ1) is 23.2. The maximum absolute atomic E-state index is 13.6. The van der Waals surface area contributed by atoms with Crippen molar-refractivity contribution in [1.29, 1.82) is 0 Å². The normalized spacial score (nSPS) is 20.0. The topological polar surface area (TPSA) is 31.4 Å². The van der Waals surface area contributed by atoms with Crippen LogP contribution in [0.5, 0.6) is 5.88 Å². The van der Waals surface area contributed by atoms with Gasteiger partial charge in [0.05, 0.1) is 15.6 Å². The predicted octanol–water partition coefficient (Wildman–Crippen LogP) is 6.93. The van der Waals surface area contributed by atoms with Gasteiger partial charge in [-0.3, -0.25) is 0 Å². The Labute approximate surface area is 177 Å². The zero-order valence-corrected chi connectivity index (χ0v) is 17.5. The highest BCUT2D eigenvalue weighted by Crippen LogP contribution is 2.42. The summed E-state index contributed by atoms with van der Waals surface area (Å²) < 4.78 is 89.5. The van der Waals surface area contributed by atoms with Crippen molar-refractivity contribution >= 4 is 43.5 Å². The fraction of sp³-hybridized carbons (Fsp3) is 0.312. The molecule has 0 radical (unpaired) electrons. The summed E-state index contributed by atoms with van der Waals surface area (Å²) in [5.74, 6) is -0.786. The van der Waals surface area contributed by atoms with Gasteiger partial charge in [0.1, 0.15) is 10.8 Å². The molecule has 1 aliphatic carbocycles. The minimum Gasteiger partial charge on any atom is -0.438 e. The molecule has 1 atom stereocenters. The summed E-state index contributed by atoms with van der Waals surface area (Å²) in [6.45, 7) is -0.373. The van der Waals surface area contributed by atoms with Crippen molar-refractivity contribution in [1.82, 2.24) is 4.98 Å². The number of hydrogen-bond donors (Lipinski definition) is 0. The Hall–Kier alpha value is -1.04. The first-order chi connectivity index (χ1) is 12.8. The Morgan fingerprint density at radius 2 is 1.93 bits per heavy atom. The van der Waals surface area contributed by atoms with Crippen LogP contribution in [0.4, 0.5) is 26.3 Å². The van der Waals surface area contributed by atoms with Crippen LogP contribution in [0.2, 0.25) is 5.02 Å². The van der Waals surface area contributed by atoms with Crippen molar-refractivity contribution in [3.63, 3.8) is 0 Å². The van der Waals surface area contributed by atoms with Gasteiger partial charge in [0.25, 0.3) is 0 Å². The quantitative estimate of drug-likeness (QED) is 0.368. The van der Waals surface area contributed by atoms with E-state index in [1.807, 2.05) is 0 Å². The molecule has 1 aliphatic rings. The standard InChI is InChI=1S/C16H10Br2ClF6NO2/c17-12(18)3-5-27-14(16(23,24)25)4-1-2-10(7-14)28-13-11(19)6-9(8-26-13)15(20,21)22/h1-3,6-8H,4-5H2. The summed E-state index contributed by atoms with van der Waals surface area (Å²) in [5.41, 5.74) is -3.79. The number of halogens is 9. The van der Waals surface area contributed by atoms with Crippen molar-refractivity contribution in [3.05, 3.63) is 56.3 Å². The molecular formula is C16H10Br2ClF6NO2. The smallest absolute Gasteiger partial charge is 0.421 e. The van der Waals surface area contributed by atoms with Gasteiger partial charge in [-0.05, 0) is 56.2 Å². The first-order valence-electron chi connectivity index (χ1n) is 7.36. The Bertz CT molecular complexity index is 818. The average molecular weight is 558 g/mol. The van der Waals surface area contributed by atoms with E-state index in [1.54, 1.807) is 0 Å². The summed E-state index contributed by atoms with van der Waals surface area (Å²) >= 11 is 11.7. The fourth-order valence-electron chi connectivity index (χ4n) is 2.15. The highest BCUT2D eigenvalue weighted by atomic mass is 79.9. The van der Waals surface area contributed by atoms with Crippen molar-refractivity contribution in [2.24, 2.45) is 0 Å². The molecule has 12 heteroatoms. The molecule has 0 bridgehead atoms. The Kier molecular flexibility index (Phi) is 7.27. The Morgan fingerprint density at radius 3 is 2.46 bits per heavy atom. The molecule has 0 saturated carbocycles. The third-order valence-corrected chi connectivity index (χ3v) is 4.40. The van der Waals surface area contributed by atoms with E-state index < -0.39 is 40.8 Å². The van der Waals surface area contributed by atoms with E-state index in [1.165, 1.54) is 18.2 Å². The lowest BCUT2D eigenvalue weighted by atomic mass is 9.93. The van der Waals surface area contributed by atoms with E-state index in [4.69, 9.17) is 21.1 Å². The highest BCUT2D eigenvalue weighted by Gasteiger charge is 2.55. The molecule has 28 heavy (non-hydrogen) atoms. The molecule has 1 aromatic rings. The van der Waals surface area contributed by atoms with Gasteiger partial charge in [0, 0.05) is 12.6 Å². The predicted molar refractivity (Wildman–Crippen MR) is 97.4 cm³/mol. The van der Waals surface area contributed by atoms with Gasteiger partial charge in [-0.25, -0.2) is 4.98 Å². The number of rotatable bonds is 5. The maximum Gasteiger partial charge on any atom is 0.421 e. The Balaban J connectivity index is 2.30. The third-order valence-electron chi connectivity index (χ3n) is 3.49. The lowest BCUT2D eigenvalue weighted by Crippen LogP contribution is -2.47. The molecule has 1 aromatic heterocycles. The number of pyridine rings is 1. The van der Waals surface area contributed by atoms with Crippen LogP contribution in [0.1, 0.15) is 12.0 Å². The average Bonchev–Trinajstić information content (AvgIpc) is 2.55. The van der Waals surface area contributed by atoms with Gasteiger partial charge in [-0.1, -0.05) is 17.7 Å². The van der Waals surface area contributed by atoms with Crippen molar-refractivity contribution in [2.45, 2.75) is 24.4 Å². The third kappa shape index (κ3) is 5.74.